The lowest BCUT2D eigenvalue weighted by molar-refractivity contribution is 0.0759. The van der Waals surface area contributed by atoms with Crippen molar-refractivity contribution in [3.63, 3.8) is 0 Å². The second-order valence-electron chi connectivity index (χ2n) is 3.72. The summed E-state index contributed by atoms with van der Waals surface area (Å²) < 4.78 is 0. The fourth-order valence-corrected chi connectivity index (χ4v) is 1.89. The van der Waals surface area contributed by atoms with Crippen LogP contribution in [-0.2, 0) is 6.54 Å². The van der Waals surface area contributed by atoms with E-state index >= 15 is 0 Å². The highest BCUT2D eigenvalue weighted by Gasteiger charge is 2.18. The molecule has 1 heterocycles. The van der Waals surface area contributed by atoms with Gasteiger partial charge in [-0.25, -0.2) is 0 Å². The quantitative estimate of drug-likeness (QED) is 0.746. The van der Waals surface area contributed by atoms with Crippen molar-refractivity contribution in [2.45, 2.75) is 13.5 Å². The van der Waals surface area contributed by atoms with Gasteiger partial charge in [0.25, 0.3) is 5.91 Å². The molecule has 1 aromatic carbocycles. The zero-order valence-electron chi connectivity index (χ0n) is 8.99. The third-order valence-electron chi connectivity index (χ3n) is 2.79. The molecule has 3 heteroatoms. The second kappa shape index (κ2) is 4.45. The molecule has 80 valence electrons. The number of likely N-dealkylation sites (N-methyl/N-ethyl adjacent to an activating group) is 1. The summed E-state index contributed by atoms with van der Waals surface area (Å²) in [4.78, 5) is 14.0. The molecule has 2 rings (SSSR count). The number of nitrogens with zero attached hydrogens (tertiary/aromatic N) is 1. The highest BCUT2D eigenvalue weighted by molar-refractivity contribution is 5.95. The Morgan fingerprint density at radius 1 is 1.40 bits per heavy atom. The third-order valence-corrected chi connectivity index (χ3v) is 2.79. The molecule has 0 saturated heterocycles. The van der Waals surface area contributed by atoms with Crippen molar-refractivity contribution in [3.8, 4) is 0 Å². The molecule has 1 amide bonds. The summed E-state index contributed by atoms with van der Waals surface area (Å²) in [5.74, 6) is 0.162. The molecule has 1 aliphatic heterocycles. The van der Waals surface area contributed by atoms with E-state index in [1.54, 1.807) is 0 Å². The van der Waals surface area contributed by atoms with Crippen LogP contribution in [0.3, 0.4) is 0 Å². The summed E-state index contributed by atoms with van der Waals surface area (Å²) >= 11 is 0. The summed E-state index contributed by atoms with van der Waals surface area (Å²) in [5.41, 5.74) is 1.94. The van der Waals surface area contributed by atoms with E-state index in [9.17, 15) is 4.79 Å². The molecule has 0 spiro atoms. The van der Waals surface area contributed by atoms with E-state index in [1.807, 2.05) is 36.1 Å². The first-order valence-corrected chi connectivity index (χ1v) is 5.41. The maximum atomic E-state index is 12.1. The molecule has 15 heavy (non-hydrogen) atoms. The van der Waals surface area contributed by atoms with Gasteiger partial charge < -0.3 is 10.2 Å². The molecule has 0 unspecified atom stereocenters. The Hall–Kier alpha value is -1.35. The normalized spacial score (nSPS) is 16.9. The van der Waals surface area contributed by atoms with E-state index in [1.165, 1.54) is 0 Å². The summed E-state index contributed by atoms with van der Waals surface area (Å²) in [5, 5.41) is 3.33. The van der Waals surface area contributed by atoms with Crippen LogP contribution in [0.1, 0.15) is 22.8 Å². The van der Waals surface area contributed by atoms with Crippen LogP contribution in [-0.4, -0.2) is 30.4 Å². The number of hydrogen-bond acceptors (Lipinski definition) is 2. The summed E-state index contributed by atoms with van der Waals surface area (Å²) in [6.45, 7) is 5.24. The lowest BCUT2D eigenvalue weighted by Crippen LogP contribution is -2.39. The molecule has 1 aromatic rings. The monoisotopic (exact) mass is 204 g/mol. The highest BCUT2D eigenvalue weighted by Crippen LogP contribution is 2.13. The standard InChI is InChI=1S/C12H16N2O/c1-2-14-8-7-13-9-10-5-3-4-6-11(10)12(14)15/h3-6,13H,2,7-9H2,1H3. The molecule has 1 aliphatic rings. The zero-order valence-corrected chi connectivity index (χ0v) is 8.99. The van der Waals surface area contributed by atoms with Gasteiger partial charge in [0.1, 0.15) is 0 Å². The third kappa shape index (κ3) is 2.02. The van der Waals surface area contributed by atoms with Gasteiger partial charge in [0, 0.05) is 31.7 Å². The molecule has 0 fully saturated rings. The van der Waals surface area contributed by atoms with Crippen LogP contribution >= 0.6 is 0 Å². The van der Waals surface area contributed by atoms with Gasteiger partial charge in [0.15, 0.2) is 0 Å². The number of rotatable bonds is 1. The van der Waals surface area contributed by atoms with Crippen molar-refractivity contribution in [2.75, 3.05) is 19.6 Å². The number of carbonyl (C=O) groups is 1. The van der Waals surface area contributed by atoms with Crippen LogP contribution in [0, 0.1) is 0 Å². The molecular weight excluding hydrogens is 188 g/mol. The van der Waals surface area contributed by atoms with Gasteiger partial charge in [0.05, 0.1) is 0 Å². The summed E-state index contributed by atoms with van der Waals surface area (Å²) in [7, 11) is 0. The van der Waals surface area contributed by atoms with Crippen LogP contribution in [0.15, 0.2) is 24.3 Å². The van der Waals surface area contributed by atoms with Crippen molar-refractivity contribution < 1.29 is 4.79 Å². The van der Waals surface area contributed by atoms with Gasteiger partial charge in [-0.2, -0.15) is 0 Å². The van der Waals surface area contributed by atoms with Gasteiger partial charge in [0.2, 0.25) is 0 Å². The first-order valence-electron chi connectivity index (χ1n) is 5.41. The Kier molecular flexibility index (Phi) is 3.02. The van der Waals surface area contributed by atoms with Crippen molar-refractivity contribution >= 4 is 5.91 Å². The van der Waals surface area contributed by atoms with E-state index < -0.39 is 0 Å². The second-order valence-corrected chi connectivity index (χ2v) is 3.72. The molecular formula is C12H16N2O. The van der Waals surface area contributed by atoms with E-state index in [0.717, 1.165) is 37.3 Å². The smallest absolute Gasteiger partial charge is 0.254 e. The first kappa shape index (κ1) is 10.2. The average Bonchev–Trinajstić information content (AvgIpc) is 2.27. The highest BCUT2D eigenvalue weighted by atomic mass is 16.2. The number of hydrogen-bond donors (Lipinski definition) is 1. The fraction of sp³-hybridized carbons (Fsp3) is 0.417. The number of fused-ring (bicyclic) bond motifs is 1. The number of carbonyl (C=O) groups excluding carboxylic acids is 1. The lowest BCUT2D eigenvalue weighted by atomic mass is 10.1. The largest absolute Gasteiger partial charge is 0.338 e. The topological polar surface area (TPSA) is 32.3 Å². The van der Waals surface area contributed by atoms with Gasteiger partial charge in [-0.15, -0.1) is 0 Å². The summed E-state index contributed by atoms with van der Waals surface area (Å²) in [6.07, 6.45) is 0. The minimum Gasteiger partial charge on any atom is -0.338 e. The Bertz CT molecular complexity index is 362. The molecule has 0 bridgehead atoms. The van der Waals surface area contributed by atoms with E-state index in [2.05, 4.69) is 5.32 Å². The van der Waals surface area contributed by atoms with Crippen LogP contribution in [0.5, 0.6) is 0 Å². The first-order chi connectivity index (χ1) is 7.33. The molecule has 3 nitrogen and oxygen atoms in total. The Morgan fingerprint density at radius 2 is 2.20 bits per heavy atom. The molecule has 0 atom stereocenters. The molecule has 0 radical (unpaired) electrons. The molecule has 0 saturated carbocycles. The predicted molar refractivity (Wildman–Crippen MR) is 59.7 cm³/mol. The van der Waals surface area contributed by atoms with Crippen LogP contribution < -0.4 is 5.32 Å². The Labute approximate surface area is 90.1 Å². The Morgan fingerprint density at radius 3 is 3.00 bits per heavy atom. The predicted octanol–water partition coefficient (Wildman–Crippen LogP) is 1.25. The molecule has 0 aromatic heterocycles. The van der Waals surface area contributed by atoms with Crippen molar-refractivity contribution in [1.29, 1.82) is 0 Å². The Balaban J connectivity index is 2.37. The van der Waals surface area contributed by atoms with Crippen LogP contribution in [0.4, 0.5) is 0 Å². The maximum absolute atomic E-state index is 12.1. The van der Waals surface area contributed by atoms with Gasteiger partial charge in [-0.1, -0.05) is 18.2 Å². The zero-order chi connectivity index (χ0) is 10.7. The van der Waals surface area contributed by atoms with Crippen molar-refractivity contribution in [1.82, 2.24) is 10.2 Å². The van der Waals surface area contributed by atoms with Crippen LogP contribution in [0.25, 0.3) is 0 Å². The number of nitrogens with one attached hydrogen (secondary N) is 1. The van der Waals surface area contributed by atoms with Gasteiger partial charge >= 0.3 is 0 Å². The molecule has 0 aliphatic carbocycles. The van der Waals surface area contributed by atoms with Crippen LogP contribution in [0.2, 0.25) is 0 Å². The lowest BCUT2D eigenvalue weighted by Gasteiger charge is -2.25. The fourth-order valence-electron chi connectivity index (χ4n) is 1.89. The number of benzene rings is 1. The van der Waals surface area contributed by atoms with E-state index in [4.69, 9.17) is 0 Å². The minimum atomic E-state index is 0.162. The maximum Gasteiger partial charge on any atom is 0.254 e. The SMILES string of the molecule is CCN1CCNCc2ccccc2C1=O. The van der Waals surface area contributed by atoms with E-state index in [0.29, 0.717) is 0 Å². The van der Waals surface area contributed by atoms with Gasteiger partial charge in [-0.3, -0.25) is 4.79 Å². The average molecular weight is 204 g/mol. The van der Waals surface area contributed by atoms with Crippen molar-refractivity contribution in [2.24, 2.45) is 0 Å². The molecule has 1 N–H and O–H groups in total. The van der Waals surface area contributed by atoms with Crippen molar-refractivity contribution in [3.05, 3.63) is 35.4 Å². The minimum absolute atomic E-state index is 0.162. The number of amides is 1. The summed E-state index contributed by atoms with van der Waals surface area (Å²) in [6, 6.07) is 7.82. The van der Waals surface area contributed by atoms with Gasteiger partial charge in [-0.05, 0) is 18.6 Å². The van der Waals surface area contributed by atoms with E-state index in [-0.39, 0.29) is 5.91 Å².